The molecule has 1 heterocycles. The second-order valence-corrected chi connectivity index (χ2v) is 8.20. The van der Waals surface area contributed by atoms with E-state index in [4.69, 9.17) is 11.0 Å². The maximum atomic E-state index is 12.8. The van der Waals surface area contributed by atoms with Crippen molar-refractivity contribution in [2.45, 2.75) is 58.3 Å². The second-order valence-electron chi connectivity index (χ2n) is 8.20. The van der Waals surface area contributed by atoms with Gasteiger partial charge in [-0.1, -0.05) is 32.9 Å². The number of β-amino-alcohol motifs (C(OH)–C–C–N with tert-alkyl or cyclic N) is 1. The van der Waals surface area contributed by atoms with Crippen LogP contribution in [0.4, 0.5) is 0 Å². The van der Waals surface area contributed by atoms with Gasteiger partial charge in [-0.05, 0) is 30.0 Å². The number of amides is 2. The van der Waals surface area contributed by atoms with E-state index in [9.17, 15) is 14.7 Å². The maximum Gasteiger partial charge on any atom is 0.243 e. The number of nitriles is 1. The molecule has 0 spiro atoms. The molecule has 2 amide bonds. The summed E-state index contributed by atoms with van der Waals surface area (Å²) in [7, 11) is 0. The van der Waals surface area contributed by atoms with Crippen molar-refractivity contribution in [1.29, 1.82) is 5.26 Å². The van der Waals surface area contributed by atoms with Crippen LogP contribution in [0.3, 0.4) is 0 Å². The van der Waals surface area contributed by atoms with Crippen molar-refractivity contribution < 1.29 is 14.7 Å². The SMILES string of the molecule is C[C@H](NC(=O)[C@@H]1C[C@@H](O)CN1C(=O)[C@@H](N)C(C)(C)C)c1ccc(C#N)cc1. The molecule has 0 aromatic heterocycles. The van der Waals surface area contributed by atoms with Crippen LogP contribution in [0.2, 0.25) is 0 Å². The Bertz CT molecular complexity index is 733. The van der Waals surface area contributed by atoms with E-state index >= 15 is 0 Å². The smallest absolute Gasteiger partial charge is 0.243 e. The number of likely N-dealkylation sites (tertiary alicyclic amines) is 1. The minimum Gasteiger partial charge on any atom is -0.391 e. The van der Waals surface area contributed by atoms with Gasteiger partial charge in [-0.3, -0.25) is 9.59 Å². The minimum atomic E-state index is -0.756. The number of nitrogens with two attached hydrogens (primary N) is 1. The molecular weight excluding hydrogens is 344 g/mol. The molecule has 2 rings (SSSR count). The van der Waals surface area contributed by atoms with Crippen LogP contribution in [0.15, 0.2) is 24.3 Å². The summed E-state index contributed by atoms with van der Waals surface area (Å²) < 4.78 is 0. The van der Waals surface area contributed by atoms with Crippen molar-refractivity contribution in [1.82, 2.24) is 10.2 Å². The number of nitrogens with zero attached hydrogens (tertiary/aromatic N) is 2. The number of aliphatic hydroxyl groups is 1. The summed E-state index contributed by atoms with van der Waals surface area (Å²) in [6.07, 6.45) is -0.559. The summed E-state index contributed by atoms with van der Waals surface area (Å²) in [6.45, 7) is 7.53. The number of hydrogen-bond acceptors (Lipinski definition) is 5. The lowest BCUT2D eigenvalue weighted by Gasteiger charge is -2.32. The summed E-state index contributed by atoms with van der Waals surface area (Å²) >= 11 is 0. The number of carbonyl (C=O) groups is 2. The lowest BCUT2D eigenvalue weighted by atomic mass is 9.86. The van der Waals surface area contributed by atoms with Gasteiger partial charge in [-0.2, -0.15) is 5.26 Å². The predicted molar refractivity (Wildman–Crippen MR) is 101 cm³/mol. The van der Waals surface area contributed by atoms with Crippen molar-refractivity contribution in [3.63, 3.8) is 0 Å². The van der Waals surface area contributed by atoms with Crippen molar-refractivity contribution in [2.75, 3.05) is 6.54 Å². The standard InChI is InChI=1S/C20H28N4O3/c1-12(14-7-5-13(10-21)6-8-14)23-18(26)16-9-15(25)11-24(16)19(27)17(22)20(2,3)4/h5-8,12,15-17,25H,9,11,22H2,1-4H3,(H,23,26)/t12-,15+,16-,17+/m0/s1. The van der Waals surface area contributed by atoms with Crippen molar-refractivity contribution >= 4 is 11.8 Å². The number of nitrogens with one attached hydrogen (secondary N) is 1. The lowest BCUT2D eigenvalue weighted by molar-refractivity contribution is -0.141. The van der Waals surface area contributed by atoms with Crippen LogP contribution in [0.25, 0.3) is 0 Å². The predicted octanol–water partition coefficient (Wildman–Crippen LogP) is 1.07. The first kappa shape index (κ1) is 20.9. The highest BCUT2D eigenvalue weighted by Gasteiger charge is 2.42. The number of aliphatic hydroxyl groups excluding tert-OH is 1. The molecular formula is C20H28N4O3. The first-order valence-corrected chi connectivity index (χ1v) is 9.09. The molecule has 4 atom stereocenters. The lowest BCUT2D eigenvalue weighted by Crippen LogP contribution is -2.55. The molecule has 1 aromatic carbocycles. The number of rotatable bonds is 4. The van der Waals surface area contributed by atoms with Crippen molar-refractivity contribution in [3.05, 3.63) is 35.4 Å². The largest absolute Gasteiger partial charge is 0.391 e. The highest BCUT2D eigenvalue weighted by atomic mass is 16.3. The van der Waals surface area contributed by atoms with Gasteiger partial charge in [0, 0.05) is 13.0 Å². The minimum absolute atomic E-state index is 0.103. The van der Waals surface area contributed by atoms with Crippen molar-refractivity contribution in [3.8, 4) is 6.07 Å². The maximum absolute atomic E-state index is 12.8. The molecule has 27 heavy (non-hydrogen) atoms. The van der Waals surface area contributed by atoms with E-state index in [0.717, 1.165) is 5.56 Å². The van der Waals surface area contributed by atoms with Crippen LogP contribution in [0.1, 0.15) is 51.3 Å². The number of hydrogen-bond donors (Lipinski definition) is 3. The van der Waals surface area contributed by atoms with Gasteiger partial charge in [0.2, 0.25) is 11.8 Å². The van der Waals surface area contributed by atoms with Gasteiger partial charge in [0.05, 0.1) is 29.8 Å². The van der Waals surface area contributed by atoms with Gasteiger partial charge < -0.3 is 21.1 Å². The Kier molecular flexibility index (Phi) is 6.24. The first-order valence-electron chi connectivity index (χ1n) is 9.09. The Hall–Kier alpha value is -2.43. The van der Waals surface area contributed by atoms with E-state index in [0.29, 0.717) is 5.56 Å². The van der Waals surface area contributed by atoms with Gasteiger partial charge in [0.25, 0.3) is 0 Å². The molecule has 0 bridgehead atoms. The third-order valence-electron chi connectivity index (χ3n) is 4.96. The molecule has 1 fully saturated rings. The third-order valence-corrected chi connectivity index (χ3v) is 4.96. The van der Waals surface area contributed by atoms with Gasteiger partial charge in [0.15, 0.2) is 0 Å². The monoisotopic (exact) mass is 372 g/mol. The summed E-state index contributed by atoms with van der Waals surface area (Å²) in [4.78, 5) is 26.9. The Morgan fingerprint density at radius 3 is 2.44 bits per heavy atom. The molecule has 1 aliphatic rings. The molecule has 1 aromatic rings. The molecule has 146 valence electrons. The molecule has 1 saturated heterocycles. The summed E-state index contributed by atoms with van der Waals surface area (Å²) in [5.41, 5.74) is 7.03. The molecule has 7 nitrogen and oxygen atoms in total. The van der Waals surface area contributed by atoms with E-state index in [1.165, 1.54) is 4.90 Å². The van der Waals surface area contributed by atoms with Crippen LogP contribution in [-0.4, -0.2) is 46.6 Å². The molecule has 0 aliphatic carbocycles. The topological polar surface area (TPSA) is 119 Å². The average Bonchev–Trinajstić information content (AvgIpc) is 3.01. The van der Waals surface area contributed by atoms with E-state index < -0.39 is 23.6 Å². The fourth-order valence-electron chi connectivity index (χ4n) is 3.09. The Morgan fingerprint density at radius 1 is 1.33 bits per heavy atom. The van der Waals surface area contributed by atoms with Crippen LogP contribution < -0.4 is 11.1 Å². The van der Waals surface area contributed by atoms with Crippen molar-refractivity contribution in [2.24, 2.45) is 11.1 Å². The highest BCUT2D eigenvalue weighted by molar-refractivity contribution is 5.91. The van der Waals surface area contributed by atoms with E-state index in [1.54, 1.807) is 24.3 Å². The first-order chi connectivity index (χ1) is 12.5. The van der Waals surface area contributed by atoms with Crippen LogP contribution in [0, 0.1) is 16.7 Å². The average molecular weight is 372 g/mol. The van der Waals surface area contributed by atoms with E-state index in [-0.39, 0.29) is 30.8 Å². The van der Waals surface area contributed by atoms with Gasteiger partial charge in [-0.15, -0.1) is 0 Å². The molecule has 1 aliphatic heterocycles. The Labute approximate surface area is 160 Å². The Morgan fingerprint density at radius 2 is 1.93 bits per heavy atom. The second kappa shape index (κ2) is 8.07. The van der Waals surface area contributed by atoms with Gasteiger partial charge in [0.1, 0.15) is 6.04 Å². The van der Waals surface area contributed by atoms with E-state index in [1.807, 2.05) is 27.7 Å². The van der Waals surface area contributed by atoms with Gasteiger partial charge in [-0.25, -0.2) is 0 Å². The molecule has 0 saturated carbocycles. The van der Waals surface area contributed by atoms with Crippen LogP contribution in [0.5, 0.6) is 0 Å². The normalized spacial score (nSPS) is 22.0. The van der Waals surface area contributed by atoms with Crippen LogP contribution >= 0.6 is 0 Å². The Balaban J connectivity index is 2.10. The number of carbonyl (C=O) groups excluding carboxylic acids is 2. The molecule has 0 radical (unpaired) electrons. The summed E-state index contributed by atoms with van der Waals surface area (Å²) in [5.74, 6) is -0.650. The number of benzene rings is 1. The zero-order valence-electron chi connectivity index (χ0n) is 16.3. The van der Waals surface area contributed by atoms with Gasteiger partial charge >= 0.3 is 0 Å². The third kappa shape index (κ3) is 4.85. The zero-order chi connectivity index (χ0) is 20.4. The molecule has 4 N–H and O–H groups in total. The summed E-state index contributed by atoms with van der Waals surface area (Å²) in [5, 5.41) is 21.8. The van der Waals surface area contributed by atoms with E-state index in [2.05, 4.69) is 11.4 Å². The molecule has 0 unspecified atom stereocenters. The quantitative estimate of drug-likeness (QED) is 0.730. The van der Waals surface area contributed by atoms with Crippen LogP contribution in [-0.2, 0) is 9.59 Å². The highest BCUT2D eigenvalue weighted by Crippen LogP contribution is 2.25. The zero-order valence-corrected chi connectivity index (χ0v) is 16.3. The fraction of sp³-hybridized carbons (Fsp3) is 0.550. The fourth-order valence-corrected chi connectivity index (χ4v) is 3.09. The molecule has 7 heteroatoms. The summed E-state index contributed by atoms with van der Waals surface area (Å²) in [6, 6.07) is 7.20.